The van der Waals surface area contributed by atoms with Crippen molar-refractivity contribution in [1.82, 2.24) is 25.5 Å². The lowest BCUT2D eigenvalue weighted by Crippen LogP contribution is -2.47. The van der Waals surface area contributed by atoms with Crippen LogP contribution in [0, 0.1) is 0 Å². The van der Waals surface area contributed by atoms with Crippen LogP contribution in [-0.2, 0) is 12.6 Å². The minimum Gasteiger partial charge on any atom is -0.507 e. The van der Waals surface area contributed by atoms with E-state index in [1.54, 1.807) is 43.3 Å². The van der Waals surface area contributed by atoms with E-state index in [0.717, 1.165) is 6.07 Å². The molecule has 8 nitrogen and oxygen atoms in total. The summed E-state index contributed by atoms with van der Waals surface area (Å²) < 4.78 is 48.0. The number of carbonyl (C=O) groups excluding carboxylic acids is 1. The normalized spacial score (nSPS) is 13.1. The Morgan fingerprint density at radius 3 is 2.59 bits per heavy atom. The number of nitrogens with one attached hydrogen (secondary N) is 1. The summed E-state index contributed by atoms with van der Waals surface area (Å²) in [5, 5.41) is 23.3. The Morgan fingerprint density at radius 2 is 1.89 bits per heavy atom. The molecular formula is C25H21ClF3N5O3. The number of phenols is 1. The standard InChI is InChI=1S/C25H21ClF3N5O3/c1-24(14-30-23(36)19-7-2-3-8-22(19)35,13-16-9-10-21(26)20(11-16)25(27,28)29)37-18-6-4-5-17(12-18)34-15-31-32-33-34/h2-12,15,35H,13-14H2,1H3,(H,30,36). The van der Waals surface area contributed by atoms with Gasteiger partial charge in [-0.2, -0.15) is 13.2 Å². The van der Waals surface area contributed by atoms with Gasteiger partial charge >= 0.3 is 6.18 Å². The molecule has 192 valence electrons. The minimum absolute atomic E-state index is 0.0105. The number of carbonyl (C=O) groups is 1. The topological polar surface area (TPSA) is 102 Å². The molecule has 1 aromatic heterocycles. The van der Waals surface area contributed by atoms with Gasteiger partial charge in [0.05, 0.1) is 28.4 Å². The van der Waals surface area contributed by atoms with Crippen LogP contribution in [0.25, 0.3) is 5.69 Å². The van der Waals surface area contributed by atoms with Crippen molar-refractivity contribution in [2.45, 2.75) is 25.1 Å². The maximum absolute atomic E-state index is 13.5. The fraction of sp³-hybridized carbons (Fsp3) is 0.200. The third kappa shape index (κ3) is 6.36. The van der Waals surface area contributed by atoms with Gasteiger partial charge in [0.2, 0.25) is 0 Å². The molecule has 0 saturated heterocycles. The number of hydrogen-bond acceptors (Lipinski definition) is 6. The molecule has 0 aliphatic rings. The molecule has 1 unspecified atom stereocenters. The average molecular weight is 532 g/mol. The number of halogens is 4. The summed E-state index contributed by atoms with van der Waals surface area (Å²) >= 11 is 5.78. The number of para-hydroxylation sites is 1. The molecule has 12 heteroatoms. The number of aromatic nitrogens is 4. The number of tetrazole rings is 1. The summed E-state index contributed by atoms with van der Waals surface area (Å²) in [7, 11) is 0. The molecule has 1 heterocycles. The van der Waals surface area contributed by atoms with E-state index >= 15 is 0 Å². The van der Waals surface area contributed by atoms with Crippen LogP contribution in [0.4, 0.5) is 13.2 Å². The summed E-state index contributed by atoms with van der Waals surface area (Å²) in [5.74, 6) is -0.399. The molecular weight excluding hydrogens is 511 g/mol. The highest BCUT2D eigenvalue weighted by molar-refractivity contribution is 6.31. The van der Waals surface area contributed by atoms with Gasteiger partial charge in [-0.05, 0) is 59.3 Å². The maximum atomic E-state index is 13.5. The fourth-order valence-electron chi connectivity index (χ4n) is 3.75. The molecule has 0 fully saturated rings. The van der Waals surface area contributed by atoms with Gasteiger partial charge in [0.15, 0.2) is 0 Å². The van der Waals surface area contributed by atoms with Crippen molar-refractivity contribution in [1.29, 1.82) is 0 Å². The number of phenolic OH excluding ortho intramolecular Hbond substituents is 1. The van der Waals surface area contributed by atoms with E-state index in [9.17, 15) is 23.1 Å². The first-order chi connectivity index (χ1) is 17.5. The van der Waals surface area contributed by atoms with Crippen LogP contribution in [-0.4, -0.2) is 43.4 Å². The van der Waals surface area contributed by atoms with Gasteiger partial charge in [-0.25, -0.2) is 4.68 Å². The fourth-order valence-corrected chi connectivity index (χ4v) is 3.97. The molecule has 1 amide bonds. The lowest BCUT2D eigenvalue weighted by atomic mass is 9.94. The Hall–Kier alpha value is -4.12. The highest BCUT2D eigenvalue weighted by Crippen LogP contribution is 2.36. The second-order valence-corrected chi connectivity index (χ2v) is 8.90. The van der Waals surface area contributed by atoms with E-state index in [-0.39, 0.29) is 24.3 Å². The molecule has 37 heavy (non-hydrogen) atoms. The smallest absolute Gasteiger partial charge is 0.417 e. The van der Waals surface area contributed by atoms with Gasteiger partial charge in [0.1, 0.15) is 23.4 Å². The number of ether oxygens (including phenoxy) is 1. The SMILES string of the molecule is CC(CNC(=O)c1ccccc1O)(Cc1ccc(Cl)c(C(F)(F)F)c1)Oc1cccc(-n2cnnn2)c1. The van der Waals surface area contributed by atoms with Crippen molar-refractivity contribution >= 4 is 17.5 Å². The lowest BCUT2D eigenvalue weighted by Gasteiger charge is -2.32. The first-order valence-electron chi connectivity index (χ1n) is 11.0. The van der Waals surface area contributed by atoms with Crippen LogP contribution in [0.3, 0.4) is 0 Å². The Bertz CT molecular complexity index is 1400. The molecule has 0 radical (unpaired) electrons. The summed E-state index contributed by atoms with van der Waals surface area (Å²) in [6, 6.07) is 16.4. The zero-order valence-electron chi connectivity index (χ0n) is 19.4. The molecule has 0 saturated carbocycles. The number of amides is 1. The van der Waals surface area contributed by atoms with Gasteiger partial charge in [-0.3, -0.25) is 4.79 Å². The Labute approximate surface area is 214 Å². The predicted octanol–water partition coefficient (Wildman–Crippen LogP) is 4.85. The van der Waals surface area contributed by atoms with E-state index < -0.39 is 28.3 Å². The number of nitrogens with zero attached hydrogens (tertiary/aromatic N) is 4. The molecule has 0 bridgehead atoms. The molecule has 1 atom stereocenters. The second kappa shape index (κ2) is 10.5. The van der Waals surface area contributed by atoms with Crippen LogP contribution in [0.5, 0.6) is 11.5 Å². The van der Waals surface area contributed by atoms with Crippen molar-refractivity contribution in [3.05, 3.63) is 94.8 Å². The number of alkyl halides is 3. The van der Waals surface area contributed by atoms with Crippen LogP contribution >= 0.6 is 11.6 Å². The zero-order chi connectivity index (χ0) is 26.6. The van der Waals surface area contributed by atoms with Crippen molar-refractivity contribution < 1.29 is 27.8 Å². The number of rotatable bonds is 8. The third-order valence-electron chi connectivity index (χ3n) is 5.48. The Morgan fingerprint density at radius 1 is 1.11 bits per heavy atom. The van der Waals surface area contributed by atoms with Crippen LogP contribution in [0.1, 0.15) is 28.4 Å². The van der Waals surface area contributed by atoms with Crippen LogP contribution in [0.15, 0.2) is 73.1 Å². The van der Waals surface area contributed by atoms with Gasteiger partial charge in [0.25, 0.3) is 5.91 Å². The van der Waals surface area contributed by atoms with E-state index in [1.807, 2.05) is 0 Å². The molecule has 0 aliphatic carbocycles. The highest BCUT2D eigenvalue weighted by atomic mass is 35.5. The minimum atomic E-state index is -4.64. The predicted molar refractivity (Wildman–Crippen MR) is 129 cm³/mol. The van der Waals surface area contributed by atoms with Crippen molar-refractivity contribution in [2.75, 3.05) is 6.54 Å². The maximum Gasteiger partial charge on any atom is 0.417 e. The zero-order valence-corrected chi connectivity index (χ0v) is 20.2. The third-order valence-corrected chi connectivity index (χ3v) is 5.81. The largest absolute Gasteiger partial charge is 0.507 e. The summed E-state index contributed by atoms with van der Waals surface area (Å²) in [6.45, 7) is 1.56. The van der Waals surface area contributed by atoms with E-state index in [2.05, 4.69) is 20.8 Å². The highest BCUT2D eigenvalue weighted by Gasteiger charge is 2.35. The number of benzene rings is 3. The van der Waals surface area contributed by atoms with Crippen molar-refractivity contribution in [2.24, 2.45) is 0 Å². The van der Waals surface area contributed by atoms with E-state index in [1.165, 1.54) is 35.3 Å². The number of hydrogen-bond donors (Lipinski definition) is 2. The van der Waals surface area contributed by atoms with Crippen LogP contribution in [0.2, 0.25) is 5.02 Å². The van der Waals surface area contributed by atoms with Gasteiger partial charge < -0.3 is 15.2 Å². The molecule has 0 aliphatic heterocycles. The van der Waals surface area contributed by atoms with E-state index in [4.69, 9.17) is 16.3 Å². The van der Waals surface area contributed by atoms with E-state index in [0.29, 0.717) is 17.0 Å². The van der Waals surface area contributed by atoms with Crippen molar-refractivity contribution in [3.63, 3.8) is 0 Å². The first-order valence-corrected chi connectivity index (χ1v) is 11.4. The van der Waals surface area contributed by atoms with Gasteiger partial charge in [-0.15, -0.1) is 5.10 Å². The molecule has 2 N–H and O–H groups in total. The quantitative estimate of drug-likeness (QED) is 0.337. The molecule has 3 aromatic carbocycles. The monoisotopic (exact) mass is 531 g/mol. The molecule has 4 aromatic rings. The second-order valence-electron chi connectivity index (χ2n) is 8.49. The molecule has 4 rings (SSSR count). The summed E-state index contributed by atoms with van der Waals surface area (Å²) in [5.41, 5.74) is -1.23. The van der Waals surface area contributed by atoms with Gasteiger partial charge in [-0.1, -0.05) is 35.9 Å². The van der Waals surface area contributed by atoms with Crippen molar-refractivity contribution in [3.8, 4) is 17.2 Å². The average Bonchev–Trinajstić information content (AvgIpc) is 3.39. The Kier molecular flexibility index (Phi) is 7.35. The Balaban J connectivity index is 1.63. The summed E-state index contributed by atoms with van der Waals surface area (Å²) in [6.07, 6.45) is -3.25. The first kappa shape index (κ1) is 26.0. The lowest BCUT2D eigenvalue weighted by molar-refractivity contribution is -0.137. The van der Waals surface area contributed by atoms with Crippen LogP contribution < -0.4 is 10.1 Å². The molecule has 0 spiro atoms. The number of aromatic hydroxyl groups is 1. The van der Waals surface area contributed by atoms with Gasteiger partial charge in [0, 0.05) is 12.5 Å². The summed E-state index contributed by atoms with van der Waals surface area (Å²) in [4.78, 5) is 12.7.